The molecule has 2 N–H and O–H groups in total. The lowest BCUT2D eigenvalue weighted by molar-refractivity contribution is 0.0342. The molecule has 24 heavy (non-hydrogen) atoms. The average Bonchev–Trinajstić information content (AvgIpc) is 2.56. The van der Waals surface area contributed by atoms with Gasteiger partial charge in [0, 0.05) is 35.8 Å². The first-order valence-electron chi connectivity index (χ1n) is 7.63. The summed E-state index contributed by atoms with van der Waals surface area (Å²) >= 11 is 6.46. The Hall–Kier alpha value is -1.59. The fraction of sp³-hybridized carbons (Fsp3) is 0.278. The second-order valence-electron chi connectivity index (χ2n) is 5.61. The molecule has 0 spiro atoms. The fourth-order valence-corrected chi connectivity index (χ4v) is 3.13. The second-order valence-corrected chi connectivity index (χ2v) is 6.02. The maximum absolute atomic E-state index is 11.6. The number of morpholine rings is 1. The van der Waals surface area contributed by atoms with Gasteiger partial charge in [-0.25, -0.2) is 0 Å². The van der Waals surface area contributed by atoms with Crippen molar-refractivity contribution >= 4 is 29.9 Å². The molecular formula is C18H20Cl2N2O2. The number of carbonyl (C=O) groups is 1. The molecule has 0 saturated carbocycles. The Balaban J connectivity index is 0.00000208. The molecule has 0 atom stereocenters. The summed E-state index contributed by atoms with van der Waals surface area (Å²) in [6.45, 7) is 4.27. The summed E-state index contributed by atoms with van der Waals surface area (Å²) in [6, 6.07) is 13.2. The molecule has 2 aromatic rings. The van der Waals surface area contributed by atoms with Crippen molar-refractivity contribution in [3.8, 4) is 11.1 Å². The van der Waals surface area contributed by atoms with Gasteiger partial charge in [0.15, 0.2) is 0 Å². The van der Waals surface area contributed by atoms with E-state index in [0.717, 1.165) is 49.5 Å². The van der Waals surface area contributed by atoms with Crippen molar-refractivity contribution in [1.82, 2.24) is 4.90 Å². The molecule has 1 aliphatic rings. The SMILES string of the molecule is Cl.NC(=O)c1ccccc1-c1ccc(CN2CCOCC2)cc1Cl. The van der Waals surface area contributed by atoms with Gasteiger partial charge in [0.2, 0.25) is 5.91 Å². The Kier molecular flexibility index (Phi) is 6.63. The summed E-state index contributed by atoms with van der Waals surface area (Å²) in [5, 5.41) is 0.629. The number of ether oxygens (including phenoxy) is 1. The molecule has 1 amide bonds. The van der Waals surface area contributed by atoms with Crippen LogP contribution in [0.3, 0.4) is 0 Å². The minimum absolute atomic E-state index is 0. The van der Waals surface area contributed by atoms with Crippen molar-refractivity contribution in [3.05, 3.63) is 58.6 Å². The Morgan fingerprint density at radius 1 is 1.12 bits per heavy atom. The van der Waals surface area contributed by atoms with E-state index < -0.39 is 5.91 Å². The quantitative estimate of drug-likeness (QED) is 0.902. The molecule has 0 radical (unpaired) electrons. The lowest BCUT2D eigenvalue weighted by Gasteiger charge is -2.26. The fourth-order valence-electron chi connectivity index (χ4n) is 2.83. The van der Waals surface area contributed by atoms with Crippen molar-refractivity contribution in [3.63, 3.8) is 0 Å². The average molecular weight is 367 g/mol. The summed E-state index contributed by atoms with van der Waals surface area (Å²) in [5.74, 6) is -0.450. The maximum Gasteiger partial charge on any atom is 0.249 e. The number of halogens is 2. The van der Waals surface area contributed by atoms with Crippen LogP contribution in [0.5, 0.6) is 0 Å². The highest BCUT2D eigenvalue weighted by Gasteiger charge is 2.14. The molecule has 1 fully saturated rings. The highest BCUT2D eigenvalue weighted by Crippen LogP contribution is 2.31. The van der Waals surface area contributed by atoms with Gasteiger partial charge >= 0.3 is 0 Å². The van der Waals surface area contributed by atoms with E-state index >= 15 is 0 Å². The van der Waals surface area contributed by atoms with E-state index in [4.69, 9.17) is 22.1 Å². The standard InChI is InChI=1S/C18H19ClN2O2.ClH/c19-17-11-13(12-21-7-9-23-10-8-21)5-6-15(17)14-3-1-2-4-16(14)18(20)22;/h1-6,11H,7-10,12H2,(H2,20,22);1H. The van der Waals surface area contributed by atoms with Gasteiger partial charge in [0.1, 0.15) is 0 Å². The first kappa shape index (κ1) is 18.7. The molecule has 1 saturated heterocycles. The minimum Gasteiger partial charge on any atom is -0.379 e. The van der Waals surface area contributed by atoms with Crippen molar-refractivity contribution < 1.29 is 9.53 Å². The summed E-state index contributed by atoms with van der Waals surface area (Å²) in [4.78, 5) is 13.9. The first-order chi connectivity index (χ1) is 11.1. The molecule has 0 aromatic heterocycles. The molecule has 0 aliphatic carbocycles. The molecule has 1 aliphatic heterocycles. The van der Waals surface area contributed by atoms with E-state index in [1.165, 1.54) is 0 Å². The lowest BCUT2D eigenvalue weighted by atomic mass is 9.98. The van der Waals surface area contributed by atoms with Gasteiger partial charge in [0.25, 0.3) is 0 Å². The molecule has 0 unspecified atom stereocenters. The van der Waals surface area contributed by atoms with Gasteiger partial charge in [-0.3, -0.25) is 9.69 Å². The molecule has 0 bridgehead atoms. The topological polar surface area (TPSA) is 55.6 Å². The monoisotopic (exact) mass is 366 g/mol. The van der Waals surface area contributed by atoms with Gasteiger partial charge in [-0.2, -0.15) is 0 Å². The number of nitrogens with two attached hydrogens (primary N) is 1. The van der Waals surface area contributed by atoms with Crippen LogP contribution in [-0.4, -0.2) is 37.1 Å². The van der Waals surface area contributed by atoms with E-state index in [0.29, 0.717) is 10.6 Å². The van der Waals surface area contributed by atoms with E-state index in [1.54, 1.807) is 12.1 Å². The number of rotatable bonds is 4. The summed E-state index contributed by atoms with van der Waals surface area (Å²) < 4.78 is 5.36. The van der Waals surface area contributed by atoms with Crippen LogP contribution in [0, 0.1) is 0 Å². The molecule has 3 rings (SSSR count). The smallest absolute Gasteiger partial charge is 0.249 e. The first-order valence-corrected chi connectivity index (χ1v) is 8.00. The number of carbonyl (C=O) groups excluding carboxylic acids is 1. The van der Waals surface area contributed by atoms with E-state index in [2.05, 4.69) is 11.0 Å². The van der Waals surface area contributed by atoms with Crippen LogP contribution in [0.2, 0.25) is 5.02 Å². The lowest BCUT2D eigenvalue weighted by Crippen LogP contribution is -2.35. The largest absolute Gasteiger partial charge is 0.379 e. The third-order valence-electron chi connectivity index (χ3n) is 4.03. The van der Waals surface area contributed by atoms with Gasteiger partial charge in [0.05, 0.1) is 13.2 Å². The Morgan fingerprint density at radius 2 is 1.83 bits per heavy atom. The molecule has 2 aromatic carbocycles. The Morgan fingerprint density at radius 3 is 2.50 bits per heavy atom. The van der Waals surface area contributed by atoms with E-state index in [-0.39, 0.29) is 12.4 Å². The number of nitrogens with zero attached hydrogens (tertiary/aromatic N) is 1. The van der Waals surface area contributed by atoms with Crippen LogP contribution in [0.1, 0.15) is 15.9 Å². The molecule has 128 valence electrons. The summed E-state index contributed by atoms with van der Waals surface area (Å²) in [6.07, 6.45) is 0. The Labute approximate surface area is 153 Å². The number of amides is 1. The van der Waals surface area contributed by atoms with Crippen LogP contribution in [0.15, 0.2) is 42.5 Å². The van der Waals surface area contributed by atoms with Crippen LogP contribution < -0.4 is 5.73 Å². The number of primary amides is 1. The van der Waals surface area contributed by atoms with Crippen LogP contribution in [-0.2, 0) is 11.3 Å². The molecule has 1 heterocycles. The van der Waals surface area contributed by atoms with Crippen molar-refractivity contribution in [2.75, 3.05) is 26.3 Å². The molecular weight excluding hydrogens is 347 g/mol. The zero-order valence-corrected chi connectivity index (χ0v) is 14.8. The highest BCUT2D eigenvalue weighted by molar-refractivity contribution is 6.33. The highest BCUT2D eigenvalue weighted by atomic mass is 35.5. The summed E-state index contributed by atoms with van der Waals surface area (Å²) in [7, 11) is 0. The third-order valence-corrected chi connectivity index (χ3v) is 4.34. The zero-order chi connectivity index (χ0) is 16.2. The predicted octanol–water partition coefficient (Wildman–Crippen LogP) is 3.36. The number of hydrogen-bond donors (Lipinski definition) is 1. The van der Waals surface area contributed by atoms with E-state index in [1.807, 2.05) is 24.3 Å². The predicted molar refractivity (Wildman–Crippen MR) is 98.7 cm³/mol. The van der Waals surface area contributed by atoms with Crippen LogP contribution in [0.25, 0.3) is 11.1 Å². The number of benzene rings is 2. The van der Waals surface area contributed by atoms with Crippen LogP contribution in [0.4, 0.5) is 0 Å². The van der Waals surface area contributed by atoms with Crippen molar-refractivity contribution in [2.24, 2.45) is 5.73 Å². The molecule has 4 nitrogen and oxygen atoms in total. The van der Waals surface area contributed by atoms with Crippen molar-refractivity contribution in [1.29, 1.82) is 0 Å². The number of hydrogen-bond acceptors (Lipinski definition) is 3. The maximum atomic E-state index is 11.6. The second kappa shape index (κ2) is 8.49. The van der Waals surface area contributed by atoms with Gasteiger partial charge in [-0.15, -0.1) is 12.4 Å². The third kappa shape index (κ3) is 4.28. The minimum atomic E-state index is -0.450. The van der Waals surface area contributed by atoms with Gasteiger partial charge in [-0.1, -0.05) is 41.9 Å². The van der Waals surface area contributed by atoms with E-state index in [9.17, 15) is 4.79 Å². The van der Waals surface area contributed by atoms with Gasteiger partial charge in [-0.05, 0) is 23.3 Å². The normalized spacial score (nSPS) is 14.9. The zero-order valence-electron chi connectivity index (χ0n) is 13.2. The summed E-state index contributed by atoms with van der Waals surface area (Å²) in [5.41, 5.74) is 8.68. The Bertz CT molecular complexity index is 716. The molecule has 6 heteroatoms. The van der Waals surface area contributed by atoms with Crippen LogP contribution >= 0.6 is 24.0 Å². The van der Waals surface area contributed by atoms with Crippen molar-refractivity contribution in [2.45, 2.75) is 6.54 Å². The van der Waals surface area contributed by atoms with Gasteiger partial charge < -0.3 is 10.5 Å².